The molecule has 1 N–H and O–H groups in total. The van der Waals surface area contributed by atoms with Crippen LogP contribution in [0.2, 0.25) is 5.02 Å². The number of amides is 1. The fraction of sp³-hybridized carbons (Fsp3) is 0.182. The number of hydrogen-bond acceptors (Lipinski definition) is 6. The lowest BCUT2D eigenvalue weighted by molar-refractivity contribution is -0.123. The van der Waals surface area contributed by atoms with Gasteiger partial charge in [0.15, 0.2) is 6.61 Å². The number of halogens is 2. The molecule has 0 atom stereocenters. The van der Waals surface area contributed by atoms with Crippen LogP contribution in [0, 0.1) is 5.82 Å². The molecular formula is C22H18ClFN4O3. The quantitative estimate of drug-likeness (QED) is 0.460. The van der Waals surface area contributed by atoms with E-state index < -0.39 is 0 Å². The molecule has 0 aliphatic rings. The highest BCUT2D eigenvalue weighted by Crippen LogP contribution is 2.33. The van der Waals surface area contributed by atoms with Gasteiger partial charge in [-0.2, -0.15) is 9.97 Å². The monoisotopic (exact) mass is 440 g/mol. The maximum absolute atomic E-state index is 13.3. The van der Waals surface area contributed by atoms with Crippen LogP contribution in [-0.2, 0) is 17.8 Å². The lowest BCUT2D eigenvalue weighted by Gasteiger charge is -2.09. The van der Waals surface area contributed by atoms with Crippen molar-refractivity contribution in [3.05, 3.63) is 70.8 Å². The molecule has 2 heterocycles. The maximum atomic E-state index is 13.3. The number of carbonyl (C=O) groups excluding carboxylic acids is 1. The Bertz CT molecular complexity index is 1230. The van der Waals surface area contributed by atoms with E-state index in [0.717, 1.165) is 5.56 Å². The fourth-order valence-corrected chi connectivity index (χ4v) is 3.16. The van der Waals surface area contributed by atoms with Crippen LogP contribution in [0.5, 0.6) is 5.88 Å². The van der Waals surface area contributed by atoms with Crippen LogP contribution in [0.4, 0.5) is 4.39 Å². The lowest BCUT2D eigenvalue weighted by Crippen LogP contribution is -2.28. The van der Waals surface area contributed by atoms with Gasteiger partial charge < -0.3 is 14.6 Å². The van der Waals surface area contributed by atoms with Gasteiger partial charge >= 0.3 is 0 Å². The molecular weight excluding hydrogens is 423 g/mol. The third kappa shape index (κ3) is 4.64. The van der Waals surface area contributed by atoms with Crippen LogP contribution in [0.3, 0.4) is 0 Å². The lowest BCUT2D eigenvalue weighted by atomic mass is 10.1. The third-order valence-corrected chi connectivity index (χ3v) is 4.93. The standard InChI is InChI=1S/C22H18ClFN4O3/c1-2-17-26-21(30-12-18(29)25-11-14-5-3-4-6-16(14)23)19-20(28-31-22(19)27-17)13-7-9-15(24)10-8-13/h3-10H,2,11-12H2,1H3,(H,25,29). The van der Waals surface area contributed by atoms with Crippen LogP contribution < -0.4 is 10.1 Å². The van der Waals surface area contributed by atoms with E-state index in [1.165, 1.54) is 12.1 Å². The summed E-state index contributed by atoms with van der Waals surface area (Å²) in [6, 6.07) is 13.0. The van der Waals surface area contributed by atoms with Crippen molar-refractivity contribution in [1.82, 2.24) is 20.4 Å². The van der Waals surface area contributed by atoms with E-state index in [4.69, 9.17) is 20.9 Å². The minimum absolute atomic E-state index is 0.176. The Labute approximate surface area is 182 Å². The Morgan fingerprint density at radius 1 is 1.16 bits per heavy atom. The molecule has 9 heteroatoms. The van der Waals surface area contributed by atoms with Gasteiger partial charge in [-0.05, 0) is 35.9 Å². The zero-order chi connectivity index (χ0) is 21.8. The van der Waals surface area contributed by atoms with E-state index in [9.17, 15) is 9.18 Å². The number of benzene rings is 2. The molecule has 0 radical (unpaired) electrons. The van der Waals surface area contributed by atoms with E-state index in [2.05, 4.69) is 20.4 Å². The van der Waals surface area contributed by atoms with Gasteiger partial charge in [-0.1, -0.05) is 41.9 Å². The topological polar surface area (TPSA) is 90.1 Å². The number of ether oxygens (including phenoxy) is 1. The Hall–Kier alpha value is -3.52. The van der Waals surface area contributed by atoms with Crippen LogP contribution in [0.25, 0.3) is 22.4 Å². The molecule has 4 rings (SSSR count). The molecule has 0 saturated carbocycles. The second kappa shape index (κ2) is 9.09. The van der Waals surface area contributed by atoms with Gasteiger partial charge in [0.1, 0.15) is 22.7 Å². The van der Waals surface area contributed by atoms with Crippen molar-refractivity contribution in [1.29, 1.82) is 0 Å². The molecule has 0 saturated heterocycles. The number of carbonyl (C=O) groups is 1. The number of aryl methyl sites for hydroxylation is 1. The van der Waals surface area contributed by atoms with Gasteiger partial charge in [-0.25, -0.2) is 4.39 Å². The van der Waals surface area contributed by atoms with Crippen molar-refractivity contribution in [2.24, 2.45) is 0 Å². The third-order valence-electron chi connectivity index (χ3n) is 4.56. The minimum Gasteiger partial charge on any atom is -0.467 e. The average Bonchev–Trinajstić information content (AvgIpc) is 3.21. The molecule has 1 amide bonds. The Morgan fingerprint density at radius 3 is 2.68 bits per heavy atom. The molecule has 0 bridgehead atoms. The molecule has 0 aliphatic heterocycles. The fourth-order valence-electron chi connectivity index (χ4n) is 2.95. The summed E-state index contributed by atoms with van der Waals surface area (Å²) in [5.41, 5.74) is 2.05. The van der Waals surface area contributed by atoms with E-state index in [1.807, 2.05) is 25.1 Å². The first-order valence-corrected chi connectivity index (χ1v) is 9.98. The first kappa shape index (κ1) is 20.7. The van der Waals surface area contributed by atoms with Gasteiger partial charge in [0.05, 0.1) is 0 Å². The van der Waals surface area contributed by atoms with E-state index in [0.29, 0.717) is 33.9 Å². The van der Waals surface area contributed by atoms with Gasteiger partial charge in [-0.15, -0.1) is 0 Å². The first-order valence-electron chi connectivity index (χ1n) is 9.60. The number of rotatable bonds is 7. The predicted molar refractivity (Wildman–Crippen MR) is 113 cm³/mol. The summed E-state index contributed by atoms with van der Waals surface area (Å²) in [6.07, 6.45) is 0.539. The molecule has 158 valence electrons. The van der Waals surface area contributed by atoms with Crippen molar-refractivity contribution in [3.63, 3.8) is 0 Å². The van der Waals surface area contributed by atoms with Gasteiger partial charge in [0.25, 0.3) is 11.6 Å². The van der Waals surface area contributed by atoms with Crippen molar-refractivity contribution in [2.75, 3.05) is 6.61 Å². The summed E-state index contributed by atoms with van der Waals surface area (Å²) in [7, 11) is 0. The summed E-state index contributed by atoms with van der Waals surface area (Å²) in [5, 5.41) is 7.80. The van der Waals surface area contributed by atoms with Gasteiger partial charge in [0.2, 0.25) is 5.88 Å². The second-order valence-corrected chi connectivity index (χ2v) is 7.08. The smallest absolute Gasteiger partial charge is 0.265 e. The maximum Gasteiger partial charge on any atom is 0.265 e. The van der Waals surface area contributed by atoms with E-state index in [1.54, 1.807) is 18.2 Å². The van der Waals surface area contributed by atoms with Crippen molar-refractivity contribution >= 4 is 28.6 Å². The largest absolute Gasteiger partial charge is 0.467 e. The zero-order valence-corrected chi connectivity index (χ0v) is 17.3. The molecule has 0 unspecified atom stereocenters. The molecule has 2 aromatic heterocycles. The summed E-state index contributed by atoms with van der Waals surface area (Å²) in [5.74, 6) is -0.0478. The normalized spacial score (nSPS) is 10.9. The Kier molecular flexibility index (Phi) is 6.08. The summed E-state index contributed by atoms with van der Waals surface area (Å²) >= 11 is 6.11. The number of aromatic nitrogens is 3. The van der Waals surface area contributed by atoms with Crippen LogP contribution >= 0.6 is 11.6 Å². The van der Waals surface area contributed by atoms with E-state index in [-0.39, 0.29) is 36.5 Å². The summed E-state index contributed by atoms with van der Waals surface area (Å²) in [6.45, 7) is 1.89. The Balaban J connectivity index is 1.56. The number of hydrogen-bond donors (Lipinski definition) is 1. The average molecular weight is 441 g/mol. The molecule has 31 heavy (non-hydrogen) atoms. The van der Waals surface area contributed by atoms with Gasteiger partial charge in [-0.3, -0.25) is 4.79 Å². The molecule has 0 aliphatic carbocycles. The number of nitrogens with one attached hydrogen (secondary N) is 1. The van der Waals surface area contributed by atoms with Crippen LogP contribution in [0.15, 0.2) is 53.1 Å². The van der Waals surface area contributed by atoms with E-state index >= 15 is 0 Å². The first-order chi connectivity index (χ1) is 15.0. The molecule has 7 nitrogen and oxygen atoms in total. The van der Waals surface area contributed by atoms with Crippen molar-refractivity contribution in [2.45, 2.75) is 19.9 Å². The number of nitrogens with zero attached hydrogens (tertiary/aromatic N) is 3. The number of fused-ring (bicyclic) bond motifs is 1. The van der Waals surface area contributed by atoms with Crippen LogP contribution in [0.1, 0.15) is 18.3 Å². The molecule has 4 aromatic rings. The van der Waals surface area contributed by atoms with Gasteiger partial charge in [0, 0.05) is 23.6 Å². The highest BCUT2D eigenvalue weighted by molar-refractivity contribution is 6.31. The minimum atomic E-state index is -0.368. The highest BCUT2D eigenvalue weighted by atomic mass is 35.5. The molecule has 2 aromatic carbocycles. The molecule has 0 spiro atoms. The second-order valence-electron chi connectivity index (χ2n) is 6.67. The van der Waals surface area contributed by atoms with Crippen LogP contribution in [-0.4, -0.2) is 27.6 Å². The van der Waals surface area contributed by atoms with Crippen molar-refractivity contribution in [3.8, 4) is 17.1 Å². The Morgan fingerprint density at radius 2 is 1.94 bits per heavy atom. The van der Waals surface area contributed by atoms with Crippen molar-refractivity contribution < 1.29 is 18.4 Å². The zero-order valence-electron chi connectivity index (χ0n) is 16.6. The summed E-state index contributed by atoms with van der Waals surface area (Å²) < 4.78 is 24.4. The SMILES string of the molecule is CCc1nc(OCC(=O)NCc2ccccc2Cl)c2c(-c3ccc(F)cc3)noc2n1. The molecule has 0 fully saturated rings. The predicted octanol–water partition coefficient (Wildman–Crippen LogP) is 4.33. The highest BCUT2D eigenvalue weighted by Gasteiger charge is 2.20. The summed E-state index contributed by atoms with van der Waals surface area (Å²) in [4.78, 5) is 21.0.